The van der Waals surface area contributed by atoms with E-state index in [1.54, 1.807) is 5.57 Å². The molecule has 356 valence electrons. The van der Waals surface area contributed by atoms with Gasteiger partial charge in [0.25, 0.3) is 5.56 Å². The van der Waals surface area contributed by atoms with Crippen LogP contribution < -0.4 is 11.2 Å². The van der Waals surface area contributed by atoms with Gasteiger partial charge in [0.05, 0.1) is 24.7 Å². The molecule has 4 saturated carbocycles. The fourth-order valence-corrected chi connectivity index (χ4v) is 14.9. The third-order valence-electron chi connectivity index (χ3n) is 19.2. The van der Waals surface area contributed by atoms with Gasteiger partial charge in [-0.25, -0.2) is 4.79 Å². The summed E-state index contributed by atoms with van der Waals surface area (Å²) in [5, 5.41) is 40.9. The average molecular weight is 881 g/mol. The van der Waals surface area contributed by atoms with Crippen LogP contribution in [0.1, 0.15) is 190 Å². The summed E-state index contributed by atoms with van der Waals surface area (Å²) in [5.41, 5.74) is 0.769. The Bertz CT molecular complexity index is 1920. The molecule has 5 aliphatic carbocycles. The minimum Gasteiger partial charge on any atom is -0.465 e. The maximum absolute atomic E-state index is 14.4. The number of esters is 1. The van der Waals surface area contributed by atoms with Gasteiger partial charge in [-0.3, -0.25) is 18.7 Å². The van der Waals surface area contributed by atoms with Gasteiger partial charge in [0.2, 0.25) is 0 Å². The first-order chi connectivity index (χ1) is 29.8. The fraction of sp³-hybridized carbons (Fsp3) is 0.865. The van der Waals surface area contributed by atoms with Crippen molar-refractivity contribution in [1.82, 2.24) is 9.13 Å². The Hall–Kier alpha value is -2.31. The quantitative estimate of drug-likeness (QED) is 0.0683. The number of unbranched alkanes of at least 4 members (excludes halogenated alkanes) is 10. The topological polar surface area (TPSA) is 160 Å². The van der Waals surface area contributed by atoms with Crippen LogP contribution in [0.25, 0.3) is 0 Å². The monoisotopic (exact) mass is 881 g/mol. The van der Waals surface area contributed by atoms with Crippen LogP contribution in [0.3, 0.4) is 0 Å². The molecule has 63 heavy (non-hydrogen) atoms. The first-order valence-corrected chi connectivity index (χ1v) is 25.3. The number of ether oxygens (including phenoxy) is 2. The number of hydrogen-bond donors (Lipinski definition) is 4. The molecule has 0 spiro atoms. The van der Waals surface area contributed by atoms with E-state index < -0.39 is 47.8 Å². The second-order valence-electron chi connectivity index (χ2n) is 23.5. The molecule has 0 aromatic carbocycles. The fourth-order valence-electron chi connectivity index (χ4n) is 14.9. The predicted molar refractivity (Wildman–Crippen MR) is 245 cm³/mol. The van der Waals surface area contributed by atoms with E-state index in [9.17, 15) is 34.8 Å². The van der Waals surface area contributed by atoms with Gasteiger partial charge < -0.3 is 29.9 Å². The summed E-state index contributed by atoms with van der Waals surface area (Å²) in [6, 6.07) is 1.26. The largest absolute Gasteiger partial charge is 0.465 e. The van der Waals surface area contributed by atoms with Crippen LogP contribution in [0.5, 0.6) is 0 Å². The van der Waals surface area contributed by atoms with Gasteiger partial charge in [-0.2, -0.15) is 0 Å². The summed E-state index contributed by atoms with van der Waals surface area (Å²) in [7, 11) is 0. The van der Waals surface area contributed by atoms with Crippen LogP contribution in [-0.4, -0.2) is 73.2 Å². The second-order valence-corrected chi connectivity index (χ2v) is 23.5. The van der Waals surface area contributed by atoms with Crippen molar-refractivity contribution >= 4 is 5.97 Å². The van der Waals surface area contributed by atoms with Crippen molar-refractivity contribution in [3.63, 3.8) is 0 Å². The van der Waals surface area contributed by atoms with Gasteiger partial charge in [0, 0.05) is 18.8 Å². The molecule has 5 fully saturated rings. The van der Waals surface area contributed by atoms with Crippen molar-refractivity contribution in [2.75, 3.05) is 13.2 Å². The van der Waals surface area contributed by atoms with E-state index in [-0.39, 0.29) is 51.6 Å². The van der Waals surface area contributed by atoms with Crippen LogP contribution in [0.4, 0.5) is 0 Å². The number of carbonyl (C=O) groups excluding carboxylic acids is 1. The summed E-state index contributed by atoms with van der Waals surface area (Å²) in [6.45, 7) is 17.5. The number of aromatic nitrogens is 2. The van der Waals surface area contributed by atoms with E-state index in [4.69, 9.17) is 9.47 Å². The maximum atomic E-state index is 14.4. The lowest BCUT2D eigenvalue weighted by atomic mass is 9.33. The molecular weight excluding hydrogens is 797 g/mol. The smallest absolute Gasteiger partial charge is 0.333 e. The standard InChI is InChI=1S/C52H84N2O9/c1-47(2)26-28-52(29-27-50(6)35(36(52)33-47)19-20-39-49(5)24-22-40(56)48(3,4)38(49)21-25-51(39,50)7)45(60)62-32-18-16-14-12-10-8-9-11-13-15-17-30-53-41(57)23-31-54(46(53)61)44-43(59)42(58)37(34-55)63-44/h19,23,31,36-40,42-44,55-56,58-59H,8-18,20-22,24-30,32-34H2,1-7H3/t36-,37+,38?,39+,40-,42+,43+,44+,49-,50+,51+,52-/m0/s1. The Morgan fingerprint density at radius 1 is 0.778 bits per heavy atom. The highest BCUT2D eigenvalue weighted by atomic mass is 16.6. The highest BCUT2D eigenvalue weighted by Gasteiger charge is 2.69. The summed E-state index contributed by atoms with van der Waals surface area (Å²) in [4.78, 5) is 40.0. The van der Waals surface area contributed by atoms with E-state index in [0.717, 1.165) is 105 Å². The summed E-state index contributed by atoms with van der Waals surface area (Å²) in [6.07, 6.45) is 20.9. The Morgan fingerprint density at radius 3 is 2.06 bits per heavy atom. The van der Waals surface area contributed by atoms with E-state index in [1.807, 2.05) is 0 Å². The molecule has 1 unspecified atom stereocenters. The third kappa shape index (κ3) is 8.75. The molecule has 0 radical (unpaired) electrons. The maximum Gasteiger partial charge on any atom is 0.333 e. The van der Waals surface area contributed by atoms with Crippen molar-refractivity contribution in [1.29, 1.82) is 0 Å². The molecule has 12 atom stereocenters. The van der Waals surface area contributed by atoms with Gasteiger partial charge in [-0.05, 0) is 122 Å². The number of carbonyl (C=O) groups is 1. The molecule has 0 amide bonds. The molecule has 2 heterocycles. The Kier molecular flexibility index (Phi) is 14.5. The zero-order chi connectivity index (χ0) is 45.6. The Labute approximate surface area is 377 Å². The van der Waals surface area contributed by atoms with E-state index in [1.165, 1.54) is 44.4 Å². The van der Waals surface area contributed by atoms with Crippen molar-refractivity contribution in [3.8, 4) is 0 Å². The molecule has 4 N–H and O–H groups in total. The van der Waals surface area contributed by atoms with Gasteiger partial charge in [-0.15, -0.1) is 0 Å². The number of allylic oxidation sites excluding steroid dienone is 2. The molecule has 1 aliphatic heterocycles. The molecule has 11 heteroatoms. The summed E-state index contributed by atoms with van der Waals surface area (Å²) < 4.78 is 14.0. The number of aliphatic hydroxyl groups excluding tert-OH is 4. The van der Waals surface area contributed by atoms with Crippen LogP contribution in [0.15, 0.2) is 33.5 Å². The van der Waals surface area contributed by atoms with E-state index in [0.29, 0.717) is 24.9 Å². The zero-order valence-corrected chi connectivity index (χ0v) is 40.0. The van der Waals surface area contributed by atoms with Crippen molar-refractivity contribution in [2.45, 2.75) is 220 Å². The average Bonchev–Trinajstić information content (AvgIpc) is 3.52. The van der Waals surface area contributed by atoms with Crippen molar-refractivity contribution < 1.29 is 34.7 Å². The lowest BCUT2D eigenvalue weighted by molar-refractivity contribution is -0.206. The van der Waals surface area contributed by atoms with Gasteiger partial charge >= 0.3 is 11.7 Å². The minimum atomic E-state index is -1.39. The SMILES string of the molecule is CC1(C)CC[C@]2(C(=O)OCCCCCCCCCCCCCn3c(=O)ccn([C@@H]4O[C@H](CO)[C@@H](O)[C@H]4O)c3=O)CC[C@]3(C)C(=CC[C@@H]4[C@@]5(C)CC[C@H](O)C(C)(C)C5CC[C@]43C)[C@@H]2C1. The lowest BCUT2D eigenvalue weighted by Gasteiger charge is -2.71. The summed E-state index contributed by atoms with van der Waals surface area (Å²) >= 11 is 0. The van der Waals surface area contributed by atoms with Gasteiger partial charge in [-0.1, -0.05) is 118 Å². The number of hydrogen-bond acceptors (Lipinski definition) is 9. The van der Waals surface area contributed by atoms with Gasteiger partial charge in [0.1, 0.15) is 18.3 Å². The Balaban J connectivity index is 0.823. The zero-order valence-electron chi connectivity index (χ0n) is 40.0. The van der Waals surface area contributed by atoms with Crippen LogP contribution >= 0.6 is 0 Å². The predicted octanol–water partition coefficient (Wildman–Crippen LogP) is 8.62. The van der Waals surface area contributed by atoms with Crippen LogP contribution in [-0.2, 0) is 20.8 Å². The van der Waals surface area contributed by atoms with E-state index >= 15 is 0 Å². The minimum absolute atomic E-state index is 0.0604. The number of fused-ring (bicyclic) bond motifs is 7. The highest BCUT2D eigenvalue weighted by molar-refractivity contribution is 5.78. The number of rotatable bonds is 17. The molecule has 7 rings (SSSR count). The second kappa shape index (κ2) is 18.8. The molecule has 1 saturated heterocycles. The normalized spacial score (nSPS) is 39.1. The number of aliphatic hydroxyl groups is 4. The van der Waals surface area contributed by atoms with E-state index in [2.05, 4.69) is 54.5 Å². The summed E-state index contributed by atoms with van der Waals surface area (Å²) in [5.74, 6) is 1.44. The highest BCUT2D eigenvalue weighted by Crippen LogP contribution is 2.75. The molecule has 1 aromatic heterocycles. The Morgan fingerprint density at radius 2 is 1.41 bits per heavy atom. The first-order valence-electron chi connectivity index (χ1n) is 25.3. The van der Waals surface area contributed by atoms with Crippen molar-refractivity contribution in [2.24, 2.45) is 50.2 Å². The number of nitrogens with zero attached hydrogens (tertiary/aromatic N) is 2. The van der Waals surface area contributed by atoms with Crippen molar-refractivity contribution in [3.05, 3.63) is 44.8 Å². The van der Waals surface area contributed by atoms with Crippen LogP contribution in [0.2, 0.25) is 0 Å². The van der Waals surface area contributed by atoms with Gasteiger partial charge in [0.15, 0.2) is 6.23 Å². The molecule has 11 nitrogen and oxygen atoms in total. The molecule has 6 aliphatic rings. The first kappa shape index (κ1) is 48.6. The lowest BCUT2D eigenvalue weighted by Crippen LogP contribution is -2.65. The molecule has 0 bridgehead atoms. The molecular formula is C52H84N2O9. The third-order valence-corrected chi connectivity index (χ3v) is 19.2. The molecule has 1 aromatic rings. The van der Waals surface area contributed by atoms with Crippen LogP contribution in [0, 0.1) is 50.2 Å².